The van der Waals surface area contributed by atoms with Crippen LogP contribution in [-0.4, -0.2) is 73.4 Å². The lowest BCUT2D eigenvalue weighted by atomic mass is 9.49. The summed E-state index contributed by atoms with van der Waals surface area (Å²) < 4.78 is 36.3. The van der Waals surface area contributed by atoms with E-state index < -0.39 is 10.0 Å². The molecule has 1 N–H and O–H groups in total. The Labute approximate surface area is 273 Å². The highest BCUT2D eigenvalue weighted by Crippen LogP contribution is 2.59. The lowest BCUT2D eigenvalue weighted by Gasteiger charge is -2.60. The largest absolute Gasteiger partial charge is 0.475 e. The minimum atomic E-state index is -4.11. The summed E-state index contributed by atoms with van der Waals surface area (Å²) in [6.45, 7) is 11.3. The average molecular weight is 646 g/mol. The number of aromatic nitrogens is 2. The number of fused-ring (bicyclic) bond motifs is 4. The Morgan fingerprint density at radius 2 is 1.67 bits per heavy atom. The number of nitrogens with one attached hydrogen (secondary N) is 1. The number of rotatable bonds is 5. The highest BCUT2D eigenvalue weighted by molar-refractivity contribution is 7.92. The van der Waals surface area contributed by atoms with Crippen molar-refractivity contribution in [2.75, 3.05) is 32.0 Å². The number of nitrogens with zero attached hydrogens (tertiary/aromatic N) is 4. The van der Waals surface area contributed by atoms with E-state index in [9.17, 15) is 13.2 Å². The summed E-state index contributed by atoms with van der Waals surface area (Å²) in [6.07, 6.45) is 5.35. The maximum atomic E-state index is 14.4. The standard InChI is InChI=1S/C36H47N5O4S/c1-23-10-8-11-24(2)32(23)30-15-31-38-34(37-30)39-46(43,44)29-13-9-12-26(14-29)33(42)41(28(22-45-31)18-35(3,4)5)21-25-16-36(17-25)19-27(20-36)40(6)7/h8-15,25,27-28H,16-22H2,1-7H3,(H,37,38,39)/t25?,27?,28-,36?/m1/s1. The van der Waals surface area contributed by atoms with Gasteiger partial charge in [-0.05, 0) is 106 Å². The maximum absolute atomic E-state index is 14.4. The zero-order valence-corrected chi connectivity index (χ0v) is 28.9. The Kier molecular flexibility index (Phi) is 8.42. The first-order valence-corrected chi connectivity index (χ1v) is 17.8. The van der Waals surface area contributed by atoms with Crippen LogP contribution in [0.5, 0.6) is 5.88 Å². The van der Waals surface area contributed by atoms with Crippen LogP contribution in [0.4, 0.5) is 5.95 Å². The summed E-state index contributed by atoms with van der Waals surface area (Å²) in [7, 11) is 0.195. The van der Waals surface area contributed by atoms with Gasteiger partial charge in [0.25, 0.3) is 15.9 Å². The second-order valence-electron chi connectivity index (χ2n) is 15.3. The van der Waals surface area contributed by atoms with E-state index in [0.717, 1.165) is 29.5 Å². The minimum Gasteiger partial charge on any atom is -0.475 e. The number of sulfonamides is 1. The summed E-state index contributed by atoms with van der Waals surface area (Å²) in [5.41, 5.74) is 4.12. The molecule has 46 heavy (non-hydrogen) atoms. The van der Waals surface area contributed by atoms with Crippen LogP contribution in [0, 0.1) is 30.6 Å². The van der Waals surface area contributed by atoms with Crippen LogP contribution in [0.1, 0.15) is 74.4 Å². The van der Waals surface area contributed by atoms with Gasteiger partial charge in [0, 0.05) is 29.8 Å². The molecule has 1 aromatic heterocycles. The number of aryl methyl sites for hydroxylation is 2. The second-order valence-corrected chi connectivity index (χ2v) is 17.0. The molecule has 3 aliphatic rings. The van der Waals surface area contributed by atoms with Crippen molar-refractivity contribution in [3.8, 4) is 17.1 Å². The smallest absolute Gasteiger partial charge is 0.264 e. The highest BCUT2D eigenvalue weighted by atomic mass is 32.2. The van der Waals surface area contributed by atoms with Crippen LogP contribution in [-0.2, 0) is 10.0 Å². The molecule has 246 valence electrons. The Morgan fingerprint density at radius 1 is 1.00 bits per heavy atom. The fourth-order valence-corrected chi connectivity index (χ4v) is 8.78. The van der Waals surface area contributed by atoms with Crippen LogP contribution in [0.2, 0.25) is 0 Å². The van der Waals surface area contributed by atoms with Crippen LogP contribution in [0.25, 0.3) is 11.3 Å². The van der Waals surface area contributed by atoms with Gasteiger partial charge in [0.2, 0.25) is 11.8 Å². The number of hydrogen-bond acceptors (Lipinski definition) is 7. The molecule has 2 aliphatic carbocycles. The van der Waals surface area contributed by atoms with E-state index in [1.54, 1.807) is 18.2 Å². The van der Waals surface area contributed by atoms with Crippen molar-refractivity contribution < 1.29 is 17.9 Å². The van der Waals surface area contributed by atoms with Gasteiger partial charge in [-0.15, -0.1) is 0 Å². The van der Waals surface area contributed by atoms with Crippen LogP contribution in [0.15, 0.2) is 53.4 Å². The summed E-state index contributed by atoms with van der Waals surface area (Å²) in [4.78, 5) is 27.8. The van der Waals surface area contributed by atoms with E-state index in [4.69, 9.17) is 4.74 Å². The van der Waals surface area contributed by atoms with Gasteiger partial charge in [-0.2, -0.15) is 4.98 Å². The molecule has 10 heteroatoms. The van der Waals surface area contributed by atoms with E-state index in [0.29, 0.717) is 41.6 Å². The first-order chi connectivity index (χ1) is 21.6. The number of ether oxygens (including phenoxy) is 1. The normalized spacial score (nSPS) is 25.8. The van der Waals surface area contributed by atoms with E-state index in [2.05, 4.69) is 54.5 Å². The van der Waals surface area contributed by atoms with Gasteiger partial charge in [-0.3, -0.25) is 4.79 Å². The van der Waals surface area contributed by atoms with Gasteiger partial charge in [0.05, 0.1) is 16.6 Å². The third-order valence-electron chi connectivity index (χ3n) is 10.00. The molecule has 2 heterocycles. The molecule has 0 saturated heterocycles. The Hall–Kier alpha value is -3.50. The molecule has 6 rings (SSSR count). The molecule has 1 spiro atoms. The fraction of sp³-hybridized carbons (Fsp3) is 0.528. The molecule has 0 radical (unpaired) electrons. The molecule has 4 bridgehead atoms. The molecular weight excluding hydrogens is 598 g/mol. The van der Waals surface area contributed by atoms with E-state index in [-0.39, 0.29) is 40.7 Å². The Morgan fingerprint density at radius 3 is 2.33 bits per heavy atom. The number of hydrogen-bond donors (Lipinski definition) is 1. The third kappa shape index (κ3) is 6.65. The maximum Gasteiger partial charge on any atom is 0.264 e. The van der Waals surface area contributed by atoms with Crippen molar-refractivity contribution in [3.63, 3.8) is 0 Å². The summed E-state index contributed by atoms with van der Waals surface area (Å²) in [5.74, 6) is 0.394. The van der Waals surface area contributed by atoms with Gasteiger partial charge in [0.15, 0.2) is 0 Å². The molecule has 0 unspecified atom stereocenters. The van der Waals surface area contributed by atoms with Crippen molar-refractivity contribution in [3.05, 3.63) is 65.2 Å². The zero-order valence-electron chi connectivity index (χ0n) is 28.1. The summed E-state index contributed by atoms with van der Waals surface area (Å²) >= 11 is 0. The predicted molar refractivity (Wildman–Crippen MR) is 180 cm³/mol. The van der Waals surface area contributed by atoms with Gasteiger partial charge < -0.3 is 14.5 Å². The zero-order chi connectivity index (χ0) is 33.0. The highest BCUT2D eigenvalue weighted by Gasteiger charge is 2.53. The molecular formula is C36H47N5O4S. The molecule has 1 atom stereocenters. The van der Waals surface area contributed by atoms with E-state index >= 15 is 0 Å². The third-order valence-corrected chi connectivity index (χ3v) is 11.3. The Bertz CT molecular complexity index is 1710. The van der Waals surface area contributed by atoms with Crippen molar-refractivity contribution in [1.82, 2.24) is 19.8 Å². The molecule has 2 saturated carbocycles. The van der Waals surface area contributed by atoms with Gasteiger partial charge in [-0.25, -0.2) is 18.1 Å². The number of anilines is 1. The summed E-state index contributed by atoms with van der Waals surface area (Å²) in [5, 5.41) is 0. The first kappa shape index (κ1) is 32.4. The number of benzene rings is 2. The number of carbonyl (C=O) groups excluding carboxylic acids is 1. The Balaban J connectivity index is 1.39. The van der Waals surface area contributed by atoms with Crippen LogP contribution < -0.4 is 9.46 Å². The van der Waals surface area contributed by atoms with Gasteiger partial charge in [0.1, 0.15) is 6.61 Å². The quantitative estimate of drug-likeness (QED) is 0.346. The van der Waals surface area contributed by atoms with E-state index in [1.807, 2.05) is 36.9 Å². The van der Waals surface area contributed by atoms with Crippen LogP contribution in [0.3, 0.4) is 0 Å². The SMILES string of the molecule is Cc1cccc(C)c1-c1cc2nc(n1)NS(=O)(=O)c1cccc(c1)C(=O)N(CC1CC3(C1)CC(N(C)C)C3)[C@H](CC(C)(C)C)CO2. The molecule has 3 aromatic rings. The molecule has 2 aromatic carbocycles. The average Bonchev–Trinajstić information content (AvgIpc) is 2.92. The fourth-order valence-electron chi connectivity index (χ4n) is 7.79. The van der Waals surface area contributed by atoms with Gasteiger partial charge in [-0.1, -0.05) is 45.0 Å². The first-order valence-electron chi connectivity index (χ1n) is 16.3. The molecule has 9 nitrogen and oxygen atoms in total. The second kappa shape index (κ2) is 11.9. The van der Waals surface area contributed by atoms with Crippen molar-refractivity contribution >= 4 is 21.9 Å². The molecule has 1 aliphatic heterocycles. The summed E-state index contributed by atoms with van der Waals surface area (Å²) in [6, 6.07) is 14.4. The minimum absolute atomic E-state index is 0.0137. The lowest BCUT2D eigenvalue weighted by Crippen LogP contribution is -2.57. The predicted octanol–water partition coefficient (Wildman–Crippen LogP) is 6.32. The van der Waals surface area contributed by atoms with Crippen molar-refractivity contribution in [1.29, 1.82) is 0 Å². The number of carbonyl (C=O) groups is 1. The van der Waals surface area contributed by atoms with Crippen molar-refractivity contribution in [2.24, 2.45) is 16.7 Å². The number of amides is 1. The molecule has 1 amide bonds. The van der Waals surface area contributed by atoms with Crippen molar-refractivity contribution in [2.45, 2.75) is 83.7 Å². The topological polar surface area (TPSA) is 105 Å². The van der Waals surface area contributed by atoms with E-state index in [1.165, 1.54) is 25.0 Å². The molecule has 2 fully saturated rings. The van der Waals surface area contributed by atoms with Gasteiger partial charge >= 0.3 is 0 Å². The van der Waals surface area contributed by atoms with Crippen LogP contribution >= 0.6 is 0 Å². The monoisotopic (exact) mass is 645 g/mol. The lowest BCUT2D eigenvalue weighted by molar-refractivity contribution is -0.0859.